The lowest BCUT2D eigenvalue weighted by Gasteiger charge is -2.38. The number of nitrogens with one attached hydrogen (secondary N) is 1. The molecule has 0 saturated carbocycles. The largest absolute Gasteiger partial charge is 0.352 e. The summed E-state index contributed by atoms with van der Waals surface area (Å²) < 4.78 is 0. The third-order valence-corrected chi connectivity index (χ3v) is 4.65. The van der Waals surface area contributed by atoms with Gasteiger partial charge in [-0.2, -0.15) is 0 Å². The molecule has 1 fully saturated rings. The van der Waals surface area contributed by atoms with Crippen LogP contribution in [0.25, 0.3) is 0 Å². The standard InChI is InChI=1S/C19H31N3O.2ClH/c1-14(2)11-18(20)19(23)21-17-9-10-22(15(3)12-17)13-16-7-5-4-6-8-16;;/h4-8,14-15,17-18H,9-13,20H2,1-3H3,(H,21,23);2*1H/t15?,17?,18-;;/m0../s1. The number of carbonyl (C=O) groups is 1. The van der Waals surface area contributed by atoms with Crippen molar-refractivity contribution in [3.05, 3.63) is 35.9 Å². The van der Waals surface area contributed by atoms with Gasteiger partial charge in [0.15, 0.2) is 0 Å². The van der Waals surface area contributed by atoms with Crippen LogP contribution in [-0.4, -0.2) is 35.5 Å². The monoisotopic (exact) mass is 389 g/mol. The van der Waals surface area contributed by atoms with E-state index in [1.165, 1.54) is 5.56 Å². The van der Waals surface area contributed by atoms with E-state index in [4.69, 9.17) is 5.73 Å². The van der Waals surface area contributed by atoms with Gasteiger partial charge in [-0.15, -0.1) is 24.8 Å². The summed E-state index contributed by atoms with van der Waals surface area (Å²) >= 11 is 0. The molecule has 0 bridgehead atoms. The highest BCUT2D eigenvalue weighted by atomic mass is 35.5. The maximum absolute atomic E-state index is 12.2. The molecule has 1 aliphatic heterocycles. The molecule has 6 heteroatoms. The first-order valence-electron chi connectivity index (χ1n) is 8.79. The van der Waals surface area contributed by atoms with Crippen molar-refractivity contribution in [2.75, 3.05) is 6.54 Å². The van der Waals surface area contributed by atoms with E-state index in [-0.39, 0.29) is 42.8 Å². The van der Waals surface area contributed by atoms with Crippen molar-refractivity contribution in [2.45, 2.75) is 64.7 Å². The zero-order valence-corrected chi connectivity index (χ0v) is 17.1. The highest BCUT2D eigenvalue weighted by molar-refractivity contribution is 5.85. The fourth-order valence-corrected chi connectivity index (χ4v) is 3.33. The quantitative estimate of drug-likeness (QED) is 0.783. The van der Waals surface area contributed by atoms with E-state index in [1.807, 2.05) is 0 Å². The summed E-state index contributed by atoms with van der Waals surface area (Å²) in [6.07, 6.45) is 2.73. The molecule has 1 aliphatic rings. The first-order valence-corrected chi connectivity index (χ1v) is 8.79. The maximum Gasteiger partial charge on any atom is 0.237 e. The minimum absolute atomic E-state index is 0. The van der Waals surface area contributed by atoms with Crippen LogP contribution >= 0.6 is 24.8 Å². The van der Waals surface area contributed by atoms with Crippen molar-refractivity contribution in [3.8, 4) is 0 Å². The Morgan fingerprint density at radius 1 is 1.28 bits per heavy atom. The molecule has 2 rings (SSSR count). The molecule has 1 aromatic carbocycles. The van der Waals surface area contributed by atoms with Crippen LogP contribution in [0.3, 0.4) is 0 Å². The third kappa shape index (κ3) is 7.95. The van der Waals surface area contributed by atoms with Crippen LogP contribution < -0.4 is 11.1 Å². The van der Waals surface area contributed by atoms with Crippen LogP contribution in [0, 0.1) is 5.92 Å². The van der Waals surface area contributed by atoms with E-state index in [0.29, 0.717) is 12.0 Å². The van der Waals surface area contributed by atoms with Gasteiger partial charge in [-0.25, -0.2) is 0 Å². The van der Waals surface area contributed by atoms with Crippen LogP contribution in [0.2, 0.25) is 0 Å². The SMILES string of the molecule is CC(C)C[C@H](N)C(=O)NC1CCN(Cc2ccccc2)C(C)C1.Cl.Cl. The molecule has 0 spiro atoms. The van der Waals surface area contributed by atoms with Crippen molar-refractivity contribution >= 4 is 30.7 Å². The number of likely N-dealkylation sites (tertiary alicyclic amines) is 1. The third-order valence-electron chi connectivity index (χ3n) is 4.65. The van der Waals surface area contributed by atoms with Gasteiger partial charge in [0.25, 0.3) is 0 Å². The van der Waals surface area contributed by atoms with Crippen LogP contribution in [0.4, 0.5) is 0 Å². The van der Waals surface area contributed by atoms with Gasteiger partial charge in [0.2, 0.25) is 5.91 Å². The summed E-state index contributed by atoms with van der Waals surface area (Å²) in [6.45, 7) is 8.43. The highest BCUT2D eigenvalue weighted by Gasteiger charge is 2.27. The van der Waals surface area contributed by atoms with Gasteiger partial charge in [-0.3, -0.25) is 9.69 Å². The second-order valence-corrected chi connectivity index (χ2v) is 7.27. The predicted molar refractivity (Wildman–Crippen MR) is 109 cm³/mol. The molecular weight excluding hydrogens is 357 g/mol. The minimum atomic E-state index is -0.382. The summed E-state index contributed by atoms with van der Waals surface area (Å²) in [6, 6.07) is 10.9. The number of benzene rings is 1. The fourth-order valence-electron chi connectivity index (χ4n) is 3.33. The Morgan fingerprint density at radius 3 is 2.48 bits per heavy atom. The van der Waals surface area contributed by atoms with E-state index < -0.39 is 0 Å². The minimum Gasteiger partial charge on any atom is -0.352 e. The lowest BCUT2D eigenvalue weighted by molar-refractivity contribution is -0.123. The Bertz CT molecular complexity index is 499. The molecule has 3 N–H and O–H groups in total. The Balaban J connectivity index is 0.00000288. The van der Waals surface area contributed by atoms with Gasteiger partial charge in [0, 0.05) is 25.2 Å². The maximum atomic E-state index is 12.2. The van der Waals surface area contributed by atoms with Gasteiger partial charge in [0.05, 0.1) is 6.04 Å². The Kier molecular flexibility index (Phi) is 11.4. The second-order valence-electron chi connectivity index (χ2n) is 7.27. The number of rotatable bonds is 6. The smallest absolute Gasteiger partial charge is 0.237 e. The van der Waals surface area contributed by atoms with E-state index in [0.717, 1.165) is 32.4 Å². The van der Waals surface area contributed by atoms with Crippen LogP contribution in [0.1, 0.15) is 45.6 Å². The highest BCUT2D eigenvalue weighted by Crippen LogP contribution is 2.20. The Morgan fingerprint density at radius 2 is 1.92 bits per heavy atom. The number of nitrogens with two attached hydrogens (primary N) is 1. The summed E-state index contributed by atoms with van der Waals surface area (Å²) in [7, 11) is 0. The molecule has 1 amide bonds. The summed E-state index contributed by atoms with van der Waals surface area (Å²) in [4.78, 5) is 14.7. The predicted octanol–water partition coefficient (Wildman–Crippen LogP) is 3.37. The Hall–Kier alpha value is -0.810. The van der Waals surface area contributed by atoms with Gasteiger partial charge >= 0.3 is 0 Å². The number of nitrogens with zero attached hydrogens (tertiary/aromatic N) is 1. The molecule has 0 aromatic heterocycles. The van der Waals surface area contributed by atoms with Crippen molar-refractivity contribution in [1.29, 1.82) is 0 Å². The average Bonchev–Trinajstić information content (AvgIpc) is 2.50. The van der Waals surface area contributed by atoms with Gasteiger partial charge < -0.3 is 11.1 Å². The van der Waals surface area contributed by atoms with Gasteiger partial charge in [0.1, 0.15) is 0 Å². The average molecular weight is 390 g/mol. The normalized spacial score (nSPS) is 21.8. The first kappa shape index (κ1) is 24.2. The molecule has 25 heavy (non-hydrogen) atoms. The topological polar surface area (TPSA) is 58.4 Å². The van der Waals surface area contributed by atoms with E-state index >= 15 is 0 Å². The number of piperidine rings is 1. The summed E-state index contributed by atoms with van der Waals surface area (Å²) in [5, 5.41) is 3.15. The zero-order chi connectivity index (χ0) is 16.8. The molecule has 0 aliphatic carbocycles. The van der Waals surface area contributed by atoms with E-state index in [9.17, 15) is 4.79 Å². The second kappa shape index (κ2) is 11.7. The van der Waals surface area contributed by atoms with Crippen molar-refractivity contribution in [3.63, 3.8) is 0 Å². The number of carbonyl (C=O) groups excluding carboxylic acids is 1. The van der Waals surface area contributed by atoms with Gasteiger partial charge in [-0.05, 0) is 37.7 Å². The molecule has 1 aromatic rings. The van der Waals surface area contributed by atoms with Crippen molar-refractivity contribution in [2.24, 2.45) is 11.7 Å². The number of hydrogen-bond donors (Lipinski definition) is 2. The molecule has 1 saturated heterocycles. The van der Waals surface area contributed by atoms with Crippen LogP contribution in [0.15, 0.2) is 30.3 Å². The fraction of sp³-hybridized carbons (Fsp3) is 0.632. The molecular formula is C19H33Cl2N3O. The Labute approximate surface area is 164 Å². The van der Waals surface area contributed by atoms with Crippen molar-refractivity contribution in [1.82, 2.24) is 10.2 Å². The first-order chi connectivity index (χ1) is 11.0. The molecule has 4 nitrogen and oxygen atoms in total. The van der Waals surface area contributed by atoms with E-state index in [2.05, 4.69) is 61.3 Å². The number of halogens is 2. The molecule has 3 atom stereocenters. The van der Waals surface area contributed by atoms with Crippen LogP contribution in [0.5, 0.6) is 0 Å². The van der Waals surface area contributed by atoms with Crippen molar-refractivity contribution < 1.29 is 4.79 Å². The number of amides is 1. The summed E-state index contributed by atoms with van der Waals surface area (Å²) in [5.41, 5.74) is 7.32. The zero-order valence-electron chi connectivity index (χ0n) is 15.5. The molecule has 1 heterocycles. The van der Waals surface area contributed by atoms with Gasteiger partial charge in [-0.1, -0.05) is 44.2 Å². The van der Waals surface area contributed by atoms with E-state index in [1.54, 1.807) is 0 Å². The molecule has 0 radical (unpaired) electrons. The van der Waals surface area contributed by atoms with Crippen LogP contribution in [-0.2, 0) is 11.3 Å². The molecule has 2 unspecified atom stereocenters. The lowest BCUT2D eigenvalue weighted by atomic mass is 9.96. The number of hydrogen-bond acceptors (Lipinski definition) is 3. The molecule has 144 valence electrons. The summed E-state index contributed by atoms with van der Waals surface area (Å²) in [5.74, 6) is 0.454. The lowest BCUT2D eigenvalue weighted by Crippen LogP contribution is -2.52.